The van der Waals surface area contributed by atoms with Gasteiger partial charge >= 0.3 is 0 Å². The fraction of sp³-hybridized carbons (Fsp3) is 0.941. The maximum absolute atomic E-state index is 12.6. The maximum Gasteiger partial charge on any atom is 0.165 e. The molecule has 1 aliphatic rings. The normalized spacial score (nSPS) is 31.1. The summed E-state index contributed by atoms with van der Waals surface area (Å²) in [5, 5.41) is 0. The second kappa shape index (κ2) is 7.42. The van der Waals surface area contributed by atoms with E-state index in [1.807, 2.05) is 0 Å². The number of methoxy groups -OCH3 is 1. The molecule has 1 rings (SSSR count). The van der Waals surface area contributed by atoms with Crippen molar-refractivity contribution >= 4 is 5.78 Å². The highest BCUT2D eigenvalue weighted by atomic mass is 16.5. The van der Waals surface area contributed by atoms with Crippen molar-refractivity contribution in [3.05, 3.63) is 0 Å². The van der Waals surface area contributed by atoms with Gasteiger partial charge in [-0.3, -0.25) is 4.79 Å². The highest BCUT2D eigenvalue weighted by Crippen LogP contribution is 2.44. The number of carbonyl (C=O) groups excluding carboxylic acids is 1. The zero-order valence-electron chi connectivity index (χ0n) is 13.5. The Balaban J connectivity index is 2.42. The van der Waals surface area contributed by atoms with Crippen molar-refractivity contribution in [2.24, 2.45) is 17.8 Å². The van der Waals surface area contributed by atoms with Crippen LogP contribution in [0.15, 0.2) is 0 Å². The van der Waals surface area contributed by atoms with E-state index in [1.54, 1.807) is 7.11 Å². The third-order valence-corrected chi connectivity index (χ3v) is 4.96. The molecule has 1 fully saturated rings. The van der Waals surface area contributed by atoms with E-state index in [4.69, 9.17) is 4.74 Å². The summed E-state index contributed by atoms with van der Waals surface area (Å²) in [7, 11) is 1.72. The average Bonchev–Trinajstić information content (AvgIpc) is 2.65. The number of ether oxygens (including phenoxy) is 1. The molecule has 0 aromatic rings. The molecule has 2 unspecified atom stereocenters. The van der Waals surface area contributed by atoms with E-state index in [0.717, 1.165) is 25.2 Å². The first kappa shape index (κ1) is 16.7. The van der Waals surface area contributed by atoms with E-state index in [9.17, 15) is 4.79 Å². The summed E-state index contributed by atoms with van der Waals surface area (Å²) in [6, 6.07) is 0. The summed E-state index contributed by atoms with van der Waals surface area (Å²) in [4.78, 5) is 12.6. The molecule has 0 heterocycles. The predicted molar refractivity (Wildman–Crippen MR) is 80.2 cm³/mol. The van der Waals surface area contributed by atoms with Crippen molar-refractivity contribution < 1.29 is 9.53 Å². The highest BCUT2D eigenvalue weighted by Gasteiger charge is 2.51. The molecule has 1 saturated carbocycles. The Morgan fingerprint density at radius 1 is 1.16 bits per heavy atom. The van der Waals surface area contributed by atoms with Gasteiger partial charge < -0.3 is 4.74 Å². The average molecular weight is 268 g/mol. The molecule has 2 heteroatoms. The lowest BCUT2D eigenvalue weighted by atomic mass is 9.80. The van der Waals surface area contributed by atoms with Crippen LogP contribution in [-0.2, 0) is 9.53 Å². The first-order valence-electron chi connectivity index (χ1n) is 8.03. The molecule has 0 aromatic carbocycles. The molecule has 2 atom stereocenters. The summed E-state index contributed by atoms with van der Waals surface area (Å²) in [5.41, 5.74) is -0.488. The number of Topliss-reactive ketones (excluding diaryl/α,β-unsaturated/α-hetero) is 1. The minimum absolute atomic E-state index is 0.344. The van der Waals surface area contributed by atoms with Crippen LogP contribution in [0, 0.1) is 17.8 Å². The summed E-state index contributed by atoms with van der Waals surface area (Å²) in [5.74, 6) is 1.86. The van der Waals surface area contributed by atoms with Crippen LogP contribution in [0.2, 0.25) is 0 Å². The SMILES string of the molecule is COC1(C(=O)CCCCCC(C)C)C(C)CCC1C. The molecule has 0 N–H and O–H groups in total. The second-order valence-corrected chi connectivity index (χ2v) is 6.79. The topological polar surface area (TPSA) is 26.3 Å². The lowest BCUT2D eigenvalue weighted by Crippen LogP contribution is -2.47. The summed E-state index contributed by atoms with van der Waals surface area (Å²) < 4.78 is 5.73. The molecule has 1 aliphatic carbocycles. The van der Waals surface area contributed by atoms with Gasteiger partial charge in [0.1, 0.15) is 5.60 Å². The van der Waals surface area contributed by atoms with Gasteiger partial charge in [-0.2, -0.15) is 0 Å². The van der Waals surface area contributed by atoms with Gasteiger partial charge in [-0.05, 0) is 37.0 Å². The molecule has 2 nitrogen and oxygen atoms in total. The molecule has 0 spiro atoms. The van der Waals surface area contributed by atoms with Crippen molar-refractivity contribution in [2.45, 2.75) is 78.2 Å². The van der Waals surface area contributed by atoms with Crippen molar-refractivity contribution in [1.82, 2.24) is 0 Å². The van der Waals surface area contributed by atoms with Crippen LogP contribution in [0.25, 0.3) is 0 Å². The van der Waals surface area contributed by atoms with Gasteiger partial charge in [0.25, 0.3) is 0 Å². The van der Waals surface area contributed by atoms with E-state index in [-0.39, 0.29) is 0 Å². The number of carbonyl (C=O) groups is 1. The number of ketones is 1. The highest BCUT2D eigenvalue weighted by molar-refractivity contribution is 5.88. The van der Waals surface area contributed by atoms with Gasteiger partial charge in [-0.1, -0.05) is 47.0 Å². The van der Waals surface area contributed by atoms with E-state index in [1.165, 1.54) is 19.3 Å². The van der Waals surface area contributed by atoms with Crippen LogP contribution in [0.3, 0.4) is 0 Å². The van der Waals surface area contributed by atoms with E-state index >= 15 is 0 Å². The standard InChI is InChI=1S/C17H32O2/c1-13(2)9-7-6-8-10-16(18)17(19-5)14(3)11-12-15(17)4/h13-15H,6-12H2,1-5H3. The van der Waals surface area contributed by atoms with Crippen molar-refractivity contribution in [1.29, 1.82) is 0 Å². The van der Waals surface area contributed by atoms with Crippen LogP contribution in [0.5, 0.6) is 0 Å². The molecule has 0 aromatic heterocycles. The molecule has 0 saturated heterocycles. The summed E-state index contributed by atoms with van der Waals surface area (Å²) in [6.07, 6.45) is 7.65. The fourth-order valence-corrected chi connectivity index (χ4v) is 3.69. The number of hydrogen-bond donors (Lipinski definition) is 0. The zero-order chi connectivity index (χ0) is 14.5. The van der Waals surface area contributed by atoms with E-state index in [0.29, 0.717) is 24.0 Å². The molecular formula is C17H32O2. The van der Waals surface area contributed by atoms with Gasteiger partial charge in [0.2, 0.25) is 0 Å². The van der Waals surface area contributed by atoms with Crippen LogP contribution < -0.4 is 0 Å². The van der Waals surface area contributed by atoms with Gasteiger partial charge in [-0.25, -0.2) is 0 Å². The minimum atomic E-state index is -0.488. The fourth-order valence-electron chi connectivity index (χ4n) is 3.69. The Labute approximate surface area is 119 Å². The Kier molecular flexibility index (Phi) is 6.52. The van der Waals surface area contributed by atoms with Crippen LogP contribution in [-0.4, -0.2) is 18.5 Å². The van der Waals surface area contributed by atoms with Crippen molar-refractivity contribution in [2.75, 3.05) is 7.11 Å². The van der Waals surface area contributed by atoms with E-state index in [2.05, 4.69) is 27.7 Å². The summed E-state index contributed by atoms with van der Waals surface area (Å²) >= 11 is 0. The maximum atomic E-state index is 12.6. The quantitative estimate of drug-likeness (QED) is 0.601. The van der Waals surface area contributed by atoms with Gasteiger partial charge in [0.15, 0.2) is 5.78 Å². The molecule has 0 bridgehead atoms. The van der Waals surface area contributed by atoms with Crippen LogP contribution >= 0.6 is 0 Å². The molecule has 0 aliphatic heterocycles. The number of rotatable bonds is 8. The lowest BCUT2D eigenvalue weighted by molar-refractivity contribution is -0.150. The minimum Gasteiger partial charge on any atom is -0.370 e. The monoisotopic (exact) mass is 268 g/mol. The summed E-state index contributed by atoms with van der Waals surface area (Å²) in [6.45, 7) is 8.85. The molecular weight excluding hydrogens is 236 g/mol. The third kappa shape index (κ3) is 3.81. The lowest BCUT2D eigenvalue weighted by Gasteiger charge is -2.35. The molecule has 19 heavy (non-hydrogen) atoms. The Morgan fingerprint density at radius 3 is 2.21 bits per heavy atom. The van der Waals surface area contributed by atoms with Crippen molar-refractivity contribution in [3.63, 3.8) is 0 Å². The number of unbranched alkanes of at least 4 members (excludes halogenated alkanes) is 2. The predicted octanol–water partition coefficient (Wildman–Crippen LogP) is 4.61. The van der Waals surface area contributed by atoms with Crippen LogP contribution in [0.1, 0.15) is 72.6 Å². The second-order valence-electron chi connectivity index (χ2n) is 6.79. The Hall–Kier alpha value is -0.370. The first-order valence-corrected chi connectivity index (χ1v) is 8.03. The zero-order valence-corrected chi connectivity index (χ0v) is 13.5. The third-order valence-electron chi connectivity index (χ3n) is 4.96. The number of hydrogen-bond acceptors (Lipinski definition) is 2. The molecule has 112 valence electrons. The largest absolute Gasteiger partial charge is 0.370 e. The van der Waals surface area contributed by atoms with E-state index < -0.39 is 5.60 Å². The van der Waals surface area contributed by atoms with Crippen molar-refractivity contribution in [3.8, 4) is 0 Å². The molecule has 0 amide bonds. The Bertz CT molecular complexity index is 273. The first-order chi connectivity index (χ1) is 8.95. The van der Waals surface area contributed by atoms with Crippen LogP contribution in [0.4, 0.5) is 0 Å². The molecule has 0 radical (unpaired) electrons. The van der Waals surface area contributed by atoms with Gasteiger partial charge in [0.05, 0.1) is 0 Å². The van der Waals surface area contributed by atoms with Gasteiger partial charge in [-0.15, -0.1) is 0 Å². The Morgan fingerprint density at radius 2 is 1.74 bits per heavy atom. The smallest absolute Gasteiger partial charge is 0.165 e. The van der Waals surface area contributed by atoms with Gasteiger partial charge in [0, 0.05) is 13.5 Å².